The van der Waals surface area contributed by atoms with E-state index in [1.807, 2.05) is 62.3 Å². The van der Waals surface area contributed by atoms with Gasteiger partial charge in [0.05, 0.1) is 21.6 Å². The van der Waals surface area contributed by atoms with Crippen LogP contribution in [0, 0.1) is 87.3 Å². The average Bonchev–Trinajstić information content (AvgIpc) is 3.21. The lowest BCUT2D eigenvalue weighted by atomic mass is 9.13. The molecule has 5 rings (SSSR count). The SMILES string of the molecule is CC(C)(C)[P+](C/C(=C(/C[B-](c1c(F)c(F)c(F)c(F)c1F)(c1c(F)c(F)c(F)c(F)c1F)c1c(F)c(F)c(F)c(F)c1F)c1ccccc1)c1ccccc1)(C(C)(C)C)C(C)(C)C. The zero-order valence-electron chi connectivity index (χ0n) is 35.4. The van der Waals surface area contributed by atoms with Crippen LogP contribution in [0.2, 0.25) is 6.32 Å². The van der Waals surface area contributed by atoms with Gasteiger partial charge in [0.2, 0.25) is 0 Å². The highest BCUT2D eigenvalue weighted by Crippen LogP contribution is 2.84. The second kappa shape index (κ2) is 17.0. The molecule has 0 bridgehead atoms. The average molecular weight is 921 g/mol. The molecule has 0 atom stereocenters. The summed E-state index contributed by atoms with van der Waals surface area (Å²) in [6, 6.07) is 14.1. The fourth-order valence-electron chi connectivity index (χ4n) is 10.2. The molecular formula is C46H41BF15P. The maximum absolute atomic E-state index is 16.7. The maximum atomic E-state index is 16.7. The van der Waals surface area contributed by atoms with E-state index in [9.17, 15) is 13.2 Å². The Hall–Kier alpha value is -4.72. The Balaban J connectivity index is 2.30. The van der Waals surface area contributed by atoms with Crippen LogP contribution in [-0.2, 0) is 0 Å². The summed E-state index contributed by atoms with van der Waals surface area (Å²) in [5.74, 6) is -45.3. The van der Waals surface area contributed by atoms with Gasteiger partial charge in [0, 0.05) is 7.26 Å². The van der Waals surface area contributed by atoms with Crippen molar-refractivity contribution < 1.29 is 65.9 Å². The third-order valence-electron chi connectivity index (χ3n) is 12.2. The van der Waals surface area contributed by atoms with Crippen LogP contribution in [-0.4, -0.2) is 27.8 Å². The van der Waals surface area contributed by atoms with E-state index in [1.165, 1.54) is 54.6 Å². The smallest absolute Gasteiger partial charge is 0.200 e. The summed E-state index contributed by atoms with van der Waals surface area (Å²) < 4.78 is 239. The van der Waals surface area contributed by atoms with Crippen LogP contribution in [0.15, 0.2) is 60.7 Å². The first-order chi connectivity index (χ1) is 28.9. The van der Waals surface area contributed by atoms with E-state index in [2.05, 4.69) is 0 Å². The first-order valence-corrected chi connectivity index (χ1v) is 21.3. The van der Waals surface area contributed by atoms with Crippen LogP contribution in [0.1, 0.15) is 73.4 Å². The zero-order valence-corrected chi connectivity index (χ0v) is 36.3. The summed E-state index contributed by atoms with van der Waals surface area (Å²) in [4.78, 5) is 0. The van der Waals surface area contributed by atoms with E-state index in [1.54, 1.807) is 6.07 Å². The lowest BCUT2D eigenvalue weighted by Gasteiger charge is -2.55. The lowest BCUT2D eigenvalue weighted by molar-refractivity contribution is 0.379. The van der Waals surface area contributed by atoms with Crippen molar-refractivity contribution in [2.24, 2.45) is 0 Å². The van der Waals surface area contributed by atoms with Crippen LogP contribution in [0.4, 0.5) is 65.9 Å². The van der Waals surface area contributed by atoms with Gasteiger partial charge in [-0.1, -0.05) is 66.2 Å². The number of halogens is 15. The van der Waals surface area contributed by atoms with Crippen LogP contribution >= 0.6 is 7.26 Å². The predicted octanol–water partition coefficient (Wildman–Crippen LogP) is 13.3. The predicted molar refractivity (Wildman–Crippen MR) is 219 cm³/mol. The number of hydrogen-bond acceptors (Lipinski definition) is 0. The highest BCUT2D eigenvalue weighted by molar-refractivity contribution is 7.80. The van der Waals surface area contributed by atoms with Crippen LogP contribution in [0.3, 0.4) is 0 Å². The highest BCUT2D eigenvalue weighted by Gasteiger charge is 2.65. The van der Waals surface area contributed by atoms with Crippen molar-refractivity contribution in [2.45, 2.75) is 84.1 Å². The summed E-state index contributed by atoms with van der Waals surface area (Å²) in [5.41, 5.74) is -8.41. The van der Waals surface area contributed by atoms with Gasteiger partial charge in [-0.2, -0.15) is 0 Å². The summed E-state index contributed by atoms with van der Waals surface area (Å²) in [7, 11) is -2.85. The molecule has 0 amide bonds. The minimum atomic E-state index is -5.91. The third-order valence-corrected chi connectivity index (χ3v) is 19.8. The van der Waals surface area contributed by atoms with Gasteiger partial charge >= 0.3 is 0 Å². The van der Waals surface area contributed by atoms with E-state index in [4.69, 9.17) is 0 Å². The molecule has 0 aromatic heterocycles. The fourth-order valence-corrected chi connectivity index (χ4v) is 18.5. The minimum Gasteiger partial charge on any atom is -0.207 e. The minimum absolute atomic E-state index is 0.0118. The summed E-state index contributed by atoms with van der Waals surface area (Å²) in [5, 5.41) is -2.09. The van der Waals surface area contributed by atoms with Crippen LogP contribution in [0.25, 0.3) is 11.1 Å². The molecule has 0 N–H and O–H groups in total. The van der Waals surface area contributed by atoms with Crippen molar-refractivity contribution in [3.05, 3.63) is 159 Å². The molecule has 5 aromatic rings. The number of benzene rings is 5. The molecule has 0 saturated heterocycles. The van der Waals surface area contributed by atoms with Gasteiger partial charge in [-0.15, -0.1) is 22.7 Å². The van der Waals surface area contributed by atoms with Crippen molar-refractivity contribution in [3.8, 4) is 0 Å². The first-order valence-electron chi connectivity index (χ1n) is 19.4. The molecule has 0 heterocycles. The standard InChI is InChI=1S/C46H41BF15P/c1-44(2,3)63(45(4,5)6,46(7,8)9)21-25(23-18-14-11-15-19-23)24(22-16-12-10-13-17-22)20-47(26-29(48)35(54)41(60)36(55)30(26)49,27-31(50)37(56)42(61)38(57)32(27)51)28-33(52)39(58)43(62)40(59)34(28)53/h10-19H,20-21H2,1-9H3/b25-24+. The molecule has 0 nitrogen and oxygen atoms in total. The molecule has 0 saturated carbocycles. The van der Waals surface area contributed by atoms with Crippen molar-refractivity contribution >= 4 is 40.9 Å². The fraction of sp³-hybridized carbons (Fsp3) is 0.304. The Morgan fingerprint density at radius 2 is 0.571 bits per heavy atom. The van der Waals surface area contributed by atoms with E-state index in [0.29, 0.717) is 0 Å². The molecule has 63 heavy (non-hydrogen) atoms. The Morgan fingerprint density at radius 1 is 0.349 bits per heavy atom. The van der Waals surface area contributed by atoms with Crippen molar-refractivity contribution in [1.29, 1.82) is 0 Å². The molecule has 5 aromatic carbocycles. The molecule has 0 radical (unpaired) electrons. The Labute approximate surface area is 355 Å². The van der Waals surface area contributed by atoms with E-state index in [-0.39, 0.29) is 22.9 Å². The lowest BCUT2D eigenvalue weighted by Crippen LogP contribution is -2.73. The van der Waals surface area contributed by atoms with Gasteiger partial charge in [0.25, 0.3) is 0 Å². The van der Waals surface area contributed by atoms with Gasteiger partial charge in [0.1, 0.15) is 41.0 Å². The van der Waals surface area contributed by atoms with Gasteiger partial charge in [-0.05, 0) is 79.0 Å². The molecule has 0 unspecified atom stereocenters. The van der Waals surface area contributed by atoms with Crippen molar-refractivity contribution in [3.63, 3.8) is 0 Å². The summed E-state index contributed by atoms with van der Waals surface area (Å²) in [6.45, 7) is 17.2. The zero-order chi connectivity index (χ0) is 47.7. The van der Waals surface area contributed by atoms with E-state index < -0.39 is 144 Å². The largest absolute Gasteiger partial charge is 0.207 e. The molecule has 17 heteroatoms. The second-order valence-corrected chi connectivity index (χ2v) is 24.3. The van der Waals surface area contributed by atoms with E-state index >= 15 is 52.7 Å². The Bertz CT molecular complexity index is 2330. The van der Waals surface area contributed by atoms with Crippen molar-refractivity contribution in [1.82, 2.24) is 0 Å². The molecule has 0 fully saturated rings. The number of rotatable bonds is 9. The van der Waals surface area contributed by atoms with Crippen molar-refractivity contribution in [2.75, 3.05) is 6.16 Å². The normalized spacial score (nSPS) is 13.5. The van der Waals surface area contributed by atoms with Gasteiger partial charge < -0.3 is 0 Å². The topological polar surface area (TPSA) is 0 Å². The number of hydrogen-bond donors (Lipinski definition) is 0. The molecule has 0 aliphatic rings. The number of allylic oxidation sites excluding steroid dienone is 2. The van der Waals surface area contributed by atoms with Gasteiger partial charge in [0.15, 0.2) is 52.4 Å². The highest BCUT2D eigenvalue weighted by atomic mass is 31.2. The van der Waals surface area contributed by atoms with Crippen LogP contribution < -0.4 is 16.4 Å². The quantitative estimate of drug-likeness (QED) is 0.0345. The monoisotopic (exact) mass is 920 g/mol. The molecule has 0 spiro atoms. The first kappa shape index (κ1) is 49.3. The second-order valence-electron chi connectivity index (χ2n) is 18.4. The molecule has 0 aliphatic heterocycles. The summed E-state index contributed by atoms with van der Waals surface area (Å²) in [6.07, 6.45) is -7.96. The molecular weight excluding hydrogens is 879 g/mol. The van der Waals surface area contributed by atoms with Crippen LogP contribution in [0.5, 0.6) is 0 Å². The van der Waals surface area contributed by atoms with Gasteiger partial charge in [-0.25, -0.2) is 65.9 Å². The summed E-state index contributed by atoms with van der Waals surface area (Å²) >= 11 is 0. The third kappa shape index (κ3) is 7.75. The molecule has 338 valence electrons. The Morgan fingerprint density at radius 3 is 0.810 bits per heavy atom. The van der Waals surface area contributed by atoms with E-state index in [0.717, 1.165) is 0 Å². The maximum Gasteiger partial charge on any atom is 0.200 e. The van der Waals surface area contributed by atoms with Gasteiger partial charge in [-0.3, -0.25) is 0 Å². The molecule has 0 aliphatic carbocycles. The Kier molecular flexibility index (Phi) is 13.3.